The molecule has 0 amide bonds. The number of rotatable bonds is 10. The van der Waals surface area contributed by atoms with Crippen molar-refractivity contribution in [2.24, 2.45) is 0 Å². The van der Waals surface area contributed by atoms with Crippen LogP contribution in [0.1, 0.15) is 32.0 Å². The van der Waals surface area contributed by atoms with Gasteiger partial charge in [-0.2, -0.15) is 0 Å². The van der Waals surface area contributed by atoms with Crippen molar-refractivity contribution in [1.82, 2.24) is 14.8 Å². The molecule has 7 heteroatoms. The maximum absolute atomic E-state index is 10.6. The van der Waals surface area contributed by atoms with Gasteiger partial charge in [0, 0.05) is 19.8 Å². The highest BCUT2D eigenvalue weighted by molar-refractivity contribution is 7.99. The van der Waals surface area contributed by atoms with Gasteiger partial charge in [-0.1, -0.05) is 25.1 Å². The Morgan fingerprint density at radius 3 is 2.79 bits per heavy atom. The van der Waals surface area contributed by atoms with Crippen LogP contribution in [0.3, 0.4) is 0 Å². The molecular weight excluding hydrogens is 266 g/mol. The van der Waals surface area contributed by atoms with Gasteiger partial charge in [-0.25, -0.2) is 0 Å². The number of aliphatic carboxylic acids is 1. The van der Waals surface area contributed by atoms with Crippen LogP contribution in [0.4, 0.5) is 0 Å². The molecule has 0 bridgehead atoms. The summed E-state index contributed by atoms with van der Waals surface area (Å²) in [7, 11) is 0. The molecule has 0 saturated carbocycles. The molecule has 0 aliphatic rings. The summed E-state index contributed by atoms with van der Waals surface area (Å²) < 4.78 is 7.44. The van der Waals surface area contributed by atoms with Gasteiger partial charge in [0.1, 0.15) is 5.82 Å². The largest absolute Gasteiger partial charge is 0.481 e. The number of carbonyl (C=O) groups is 1. The number of thioether (sulfide) groups is 1. The Kier molecular flexibility index (Phi) is 7.50. The molecule has 1 aromatic rings. The Labute approximate surface area is 117 Å². The highest BCUT2D eigenvalue weighted by atomic mass is 32.2. The van der Waals surface area contributed by atoms with Crippen molar-refractivity contribution in [2.75, 3.05) is 19.0 Å². The summed E-state index contributed by atoms with van der Waals surface area (Å²) in [6.45, 7) is 6.28. The Morgan fingerprint density at radius 1 is 1.37 bits per heavy atom. The number of hydrogen-bond donors (Lipinski definition) is 1. The molecule has 0 radical (unpaired) electrons. The van der Waals surface area contributed by atoms with E-state index in [9.17, 15) is 4.79 Å². The van der Waals surface area contributed by atoms with Gasteiger partial charge >= 0.3 is 5.97 Å². The van der Waals surface area contributed by atoms with Crippen molar-refractivity contribution in [3.05, 3.63) is 5.82 Å². The second-order valence-electron chi connectivity index (χ2n) is 4.18. The Balaban J connectivity index is 2.35. The van der Waals surface area contributed by atoms with Crippen molar-refractivity contribution in [1.29, 1.82) is 0 Å². The Bertz CT molecular complexity index is 396. The maximum atomic E-state index is 10.6. The summed E-state index contributed by atoms with van der Waals surface area (Å²) >= 11 is 1.20. The van der Waals surface area contributed by atoms with E-state index in [1.165, 1.54) is 11.8 Å². The van der Waals surface area contributed by atoms with Crippen LogP contribution in [-0.4, -0.2) is 44.8 Å². The highest BCUT2D eigenvalue weighted by Crippen LogP contribution is 2.16. The first-order chi connectivity index (χ1) is 9.15. The monoisotopic (exact) mass is 287 g/mol. The summed E-state index contributed by atoms with van der Waals surface area (Å²) in [6.07, 6.45) is 3.11. The van der Waals surface area contributed by atoms with Crippen LogP contribution in [-0.2, 0) is 16.1 Å². The Hall–Kier alpha value is -1.08. The summed E-state index contributed by atoms with van der Waals surface area (Å²) in [4.78, 5) is 10.6. The Morgan fingerprint density at radius 2 is 2.11 bits per heavy atom. The zero-order valence-electron chi connectivity index (χ0n) is 11.5. The van der Waals surface area contributed by atoms with Crippen LogP contribution in [0, 0.1) is 6.92 Å². The molecule has 0 aliphatic carbocycles. The molecule has 0 fully saturated rings. The van der Waals surface area contributed by atoms with E-state index in [4.69, 9.17) is 9.84 Å². The van der Waals surface area contributed by atoms with E-state index in [2.05, 4.69) is 17.1 Å². The normalized spacial score (nSPS) is 10.8. The number of aromatic nitrogens is 3. The number of nitrogens with zero attached hydrogens (tertiary/aromatic N) is 3. The molecule has 1 N–H and O–H groups in total. The van der Waals surface area contributed by atoms with Crippen LogP contribution >= 0.6 is 11.8 Å². The first kappa shape index (κ1) is 16.0. The van der Waals surface area contributed by atoms with E-state index >= 15 is 0 Å². The fourth-order valence-corrected chi connectivity index (χ4v) is 2.26. The minimum absolute atomic E-state index is 0.00509. The number of carboxylic acids is 1. The predicted molar refractivity (Wildman–Crippen MR) is 73.5 cm³/mol. The van der Waals surface area contributed by atoms with Crippen molar-refractivity contribution in [3.63, 3.8) is 0 Å². The molecular formula is C12H21N3O3S. The van der Waals surface area contributed by atoms with Gasteiger partial charge in [0.2, 0.25) is 0 Å². The number of carboxylic acid groups (broad SMARTS) is 1. The summed E-state index contributed by atoms with van der Waals surface area (Å²) in [5, 5.41) is 17.3. The van der Waals surface area contributed by atoms with E-state index in [0.29, 0.717) is 11.8 Å². The second kappa shape index (κ2) is 8.92. The van der Waals surface area contributed by atoms with E-state index in [-0.39, 0.29) is 5.75 Å². The molecule has 1 aromatic heterocycles. The van der Waals surface area contributed by atoms with Gasteiger partial charge in [-0.3, -0.25) is 4.79 Å². The van der Waals surface area contributed by atoms with Crippen LogP contribution in [0.2, 0.25) is 0 Å². The van der Waals surface area contributed by atoms with Gasteiger partial charge in [0.05, 0.1) is 5.75 Å². The lowest BCUT2D eigenvalue weighted by atomic mass is 10.3. The fourth-order valence-electron chi connectivity index (χ4n) is 1.53. The molecule has 6 nitrogen and oxygen atoms in total. The average Bonchev–Trinajstić information content (AvgIpc) is 2.72. The smallest absolute Gasteiger partial charge is 0.313 e. The van der Waals surface area contributed by atoms with Crippen molar-refractivity contribution >= 4 is 17.7 Å². The first-order valence-corrected chi connectivity index (χ1v) is 7.45. The molecule has 0 saturated heterocycles. The highest BCUT2D eigenvalue weighted by Gasteiger charge is 2.10. The van der Waals surface area contributed by atoms with Gasteiger partial charge in [-0.05, 0) is 19.8 Å². The third kappa shape index (κ3) is 6.07. The van der Waals surface area contributed by atoms with Crippen LogP contribution < -0.4 is 0 Å². The number of unbranched alkanes of at least 4 members (excludes halogenated alkanes) is 1. The summed E-state index contributed by atoms with van der Waals surface area (Å²) in [6, 6.07) is 0. The predicted octanol–water partition coefficient (Wildman–Crippen LogP) is 1.97. The number of aryl methyl sites for hydroxylation is 1. The molecule has 108 valence electrons. The van der Waals surface area contributed by atoms with Gasteiger partial charge in [0.15, 0.2) is 5.16 Å². The molecule has 19 heavy (non-hydrogen) atoms. The van der Waals surface area contributed by atoms with E-state index < -0.39 is 5.97 Å². The molecule has 1 heterocycles. The van der Waals surface area contributed by atoms with Crippen molar-refractivity contribution in [2.45, 2.75) is 44.8 Å². The molecule has 0 aliphatic heterocycles. The lowest BCUT2D eigenvalue weighted by Gasteiger charge is -2.08. The number of ether oxygens (including phenoxy) is 1. The number of hydrogen-bond acceptors (Lipinski definition) is 5. The van der Waals surface area contributed by atoms with E-state index in [0.717, 1.165) is 38.2 Å². The quantitative estimate of drug-likeness (QED) is 0.523. The minimum atomic E-state index is -0.847. The first-order valence-electron chi connectivity index (χ1n) is 6.47. The molecule has 0 unspecified atom stereocenters. The lowest BCUT2D eigenvalue weighted by molar-refractivity contribution is -0.133. The minimum Gasteiger partial charge on any atom is -0.481 e. The van der Waals surface area contributed by atoms with Gasteiger partial charge in [0.25, 0.3) is 0 Å². The van der Waals surface area contributed by atoms with Crippen molar-refractivity contribution in [3.8, 4) is 0 Å². The second-order valence-corrected chi connectivity index (χ2v) is 5.13. The van der Waals surface area contributed by atoms with Crippen LogP contribution in [0.5, 0.6) is 0 Å². The summed E-state index contributed by atoms with van der Waals surface area (Å²) in [5.41, 5.74) is 0. The lowest BCUT2D eigenvalue weighted by Crippen LogP contribution is -2.07. The summed E-state index contributed by atoms with van der Waals surface area (Å²) in [5.74, 6) is -0.0351. The molecule has 0 aromatic carbocycles. The third-order valence-corrected chi connectivity index (χ3v) is 3.49. The topological polar surface area (TPSA) is 77.2 Å². The zero-order chi connectivity index (χ0) is 14.1. The third-order valence-electron chi connectivity index (χ3n) is 2.54. The maximum Gasteiger partial charge on any atom is 0.313 e. The van der Waals surface area contributed by atoms with E-state index in [1.807, 2.05) is 11.5 Å². The average molecular weight is 287 g/mol. The van der Waals surface area contributed by atoms with Crippen LogP contribution in [0.25, 0.3) is 0 Å². The molecule has 1 rings (SSSR count). The van der Waals surface area contributed by atoms with Gasteiger partial charge in [-0.15, -0.1) is 10.2 Å². The van der Waals surface area contributed by atoms with Crippen molar-refractivity contribution < 1.29 is 14.6 Å². The molecule has 0 atom stereocenters. The van der Waals surface area contributed by atoms with Crippen LogP contribution in [0.15, 0.2) is 5.16 Å². The zero-order valence-corrected chi connectivity index (χ0v) is 12.3. The SMILES string of the molecule is CCCCOCCCn1c(C)nnc1SCC(=O)O. The molecule has 0 spiro atoms. The van der Waals surface area contributed by atoms with Gasteiger partial charge < -0.3 is 14.4 Å². The fraction of sp³-hybridized carbons (Fsp3) is 0.750. The van der Waals surface area contributed by atoms with E-state index in [1.54, 1.807) is 0 Å². The standard InChI is InChI=1S/C12H21N3O3S/c1-3-4-7-18-8-5-6-15-10(2)13-14-12(15)19-9-11(16)17/h3-9H2,1-2H3,(H,16,17).